The molecule has 0 radical (unpaired) electrons. The summed E-state index contributed by atoms with van der Waals surface area (Å²) in [4.78, 5) is 25.8. The highest BCUT2D eigenvalue weighted by atomic mass is 16.5. The van der Waals surface area contributed by atoms with Gasteiger partial charge in [-0.2, -0.15) is 0 Å². The molecule has 1 aliphatic heterocycles. The number of rotatable bonds is 3. The Bertz CT molecular complexity index is 250. The first-order valence-corrected chi connectivity index (χ1v) is 5.43. The summed E-state index contributed by atoms with van der Waals surface area (Å²) >= 11 is 0. The Morgan fingerprint density at radius 1 is 1.25 bits per heavy atom. The molecule has 2 amide bonds. The van der Waals surface area contributed by atoms with Gasteiger partial charge in [0.15, 0.2) is 0 Å². The smallest absolute Gasteiger partial charge is 0.409 e. The van der Waals surface area contributed by atoms with Crippen molar-refractivity contribution in [2.45, 2.75) is 6.92 Å². The van der Waals surface area contributed by atoms with Crippen molar-refractivity contribution in [2.24, 2.45) is 0 Å². The molecule has 0 bridgehead atoms. The molecule has 0 unspecified atom stereocenters. The summed E-state index contributed by atoms with van der Waals surface area (Å²) in [5, 5.41) is 2.75. The number of methoxy groups -OCH3 is 1. The third-order valence-electron chi connectivity index (χ3n) is 2.61. The van der Waals surface area contributed by atoms with Crippen molar-refractivity contribution >= 4 is 12.0 Å². The number of ether oxygens (including phenoxy) is 1. The minimum atomic E-state index is -0.262. The second kappa shape index (κ2) is 6.32. The molecule has 6 heteroatoms. The summed E-state index contributed by atoms with van der Waals surface area (Å²) in [6.07, 6.45) is -0.262. The van der Waals surface area contributed by atoms with Crippen LogP contribution in [-0.2, 0) is 9.53 Å². The molecular weight excluding hydrogens is 210 g/mol. The molecule has 1 heterocycles. The molecule has 0 aromatic carbocycles. The van der Waals surface area contributed by atoms with Crippen LogP contribution in [-0.4, -0.2) is 68.2 Å². The van der Waals surface area contributed by atoms with Gasteiger partial charge >= 0.3 is 6.09 Å². The van der Waals surface area contributed by atoms with Crippen molar-refractivity contribution in [1.29, 1.82) is 0 Å². The fraction of sp³-hybridized carbons (Fsp3) is 0.800. The van der Waals surface area contributed by atoms with Gasteiger partial charge in [-0.15, -0.1) is 0 Å². The zero-order valence-corrected chi connectivity index (χ0v) is 9.86. The summed E-state index contributed by atoms with van der Waals surface area (Å²) in [5.41, 5.74) is 0. The summed E-state index contributed by atoms with van der Waals surface area (Å²) in [5.74, 6) is -0.00630. The number of amides is 2. The number of carbonyl (C=O) groups is 2. The van der Waals surface area contributed by atoms with Crippen molar-refractivity contribution in [2.75, 3.05) is 46.4 Å². The summed E-state index contributed by atoms with van der Waals surface area (Å²) < 4.78 is 4.65. The molecular formula is C10H19N3O3. The van der Waals surface area contributed by atoms with E-state index in [0.717, 1.165) is 19.6 Å². The minimum Gasteiger partial charge on any atom is -0.453 e. The standard InChI is InChI=1S/C10H19N3O3/c1-9(14)11-3-4-12-5-7-13(8-6-12)10(15)16-2/h3-8H2,1-2H3,(H,11,14). The average molecular weight is 229 g/mol. The van der Waals surface area contributed by atoms with E-state index < -0.39 is 0 Å². The van der Waals surface area contributed by atoms with Crippen LogP contribution in [0.25, 0.3) is 0 Å². The zero-order chi connectivity index (χ0) is 12.0. The first kappa shape index (κ1) is 12.8. The predicted molar refractivity (Wildman–Crippen MR) is 59.1 cm³/mol. The summed E-state index contributed by atoms with van der Waals surface area (Å²) in [7, 11) is 1.39. The molecule has 1 N–H and O–H groups in total. The Morgan fingerprint density at radius 2 is 1.88 bits per heavy atom. The van der Waals surface area contributed by atoms with Crippen LogP contribution in [0, 0.1) is 0 Å². The number of hydrogen-bond acceptors (Lipinski definition) is 4. The number of piperazine rings is 1. The number of hydrogen-bond donors (Lipinski definition) is 1. The van der Waals surface area contributed by atoms with Gasteiger partial charge in [0.1, 0.15) is 0 Å². The second-order valence-corrected chi connectivity index (χ2v) is 3.78. The van der Waals surface area contributed by atoms with E-state index in [1.165, 1.54) is 14.0 Å². The van der Waals surface area contributed by atoms with E-state index in [0.29, 0.717) is 19.6 Å². The monoisotopic (exact) mass is 229 g/mol. The fourth-order valence-electron chi connectivity index (χ4n) is 1.67. The lowest BCUT2D eigenvalue weighted by atomic mass is 10.3. The Hall–Kier alpha value is -1.30. The van der Waals surface area contributed by atoms with Crippen LogP contribution in [0.5, 0.6) is 0 Å². The fourth-order valence-corrected chi connectivity index (χ4v) is 1.67. The number of carbonyl (C=O) groups excluding carboxylic acids is 2. The molecule has 0 atom stereocenters. The molecule has 0 aliphatic carbocycles. The predicted octanol–water partition coefficient (Wildman–Crippen LogP) is -0.493. The van der Waals surface area contributed by atoms with Crippen LogP contribution < -0.4 is 5.32 Å². The molecule has 6 nitrogen and oxygen atoms in total. The molecule has 1 saturated heterocycles. The molecule has 0 saturated carbocycles. The topological polar surface area (TPSA) is 61.9 Å². The van der Waals surface area contributed by atoms with E-state index in [2.05, 4.69) is 15.0 Å². The average Bonchev–Trinajstić information content (AvgIpc) is 2.28. The maximum absolute atomic E-state index is 11.2. The Morgan fingerprint density at radius 3 is 2.38 bits per heavy atom. The van der Waals surface area contributed by atoms with Gasteiger partial charge in [-0.1, -0.05) is 0 Å². The van der Waals surface area contributed by atoms with E-state index in [1.54, 1.807) is 4.90 Å². The first-order chi connectivity index (χ1) is 7.63. The highest BCUT2D eigenvalue weighted by Gasteiger charge is 2.20. The quantitative estimate of drug-likeness (QED) is 0.709. The van der Waals surface area contributed by atoms with Crippen LogP contribution in [0.15, 0.2) is 0 Å². The van der Waals surface area contributed by atoms with E-state index >= 15 is 0 Å². The molecule has 1 rings (SSSR count). The Kier molecular flexibility index (Phi) is 5.04. The molecule has 1 aliphatic rings. The van der Waals surface area contributed by atoms with Crippen molar-refractivity contribution in [3.05, 3.63) is 0 Å². The molecule has 0 aromatic rings. The van der Waals surface area contributed by atoms with E-state index in [-0.39, 0.29) is 12.0 Å². The van der Waals surface area contributed by atoms with Crippen LogP contribution >= 0.6 is 0 Å². The van der Waals surface area contributed by atoms with E-state index in [9.17, 15) is 9.59 Å². The maximum atomic E-state index is 11.2. The Balaban J connectivity index is 2.17. The van der Waals surface area contributed by atoms with Gasteiger partial charge in [0.2, 0.25) is 5.91 Å². The molecule has 0 aromatic heterocycles. The molecule has 0 spiro atoms. The van der Waals surface area contributed by atoms with Crippen molar-refractivity contribution in [1.82, 2.24) is 15.1 Å². The molecule has 16 heavy (non-hydrogen) atoms. The number of nitrogens with one attached hydrogen (secondary N) is 1. The van der Waals surface area contributed by atoms with Crippen molar-refractivity contribution < 1.29 is 14.3 Å². The van der Waals surface area contributed by atoms with Gasteiger partial charge in [-0.05, 0) is 0 Å². The van der Waals surface area contributed by atoms with Crippen LogP contribution in [0.4, 0.5) is 4.79 Å². The van der Waals surface area contributed by atoms with Crippen molar-refractivity contribution in [3.8, 4) is 0 Å². The highest BCUT2D eigenvalue weighted by molar-refractivity contribution is 5.72. The van der Waals surface area contributed by atoms with Gasteiger partial charge in [-0.3, -0.25) is 9.69 Å². The Labute approximate surface area is 95.5 Å². The van der Waals surface area contributed by atoms with Gasteiger partial charge in [0, 0.05) is 46.2 Å². The molecule has 1 fully saturated rings. The SMILES string of the molecule is COC(=O)N1CCN(CCNC(C)=O)CC1. The minimum absolute atomic E-state index is 0.00630. The first-order valence-electron chi connectivity index (χ1n) is 5.43. The second-order valence-electron chi connectivity index (χ2n) is 3.78. The van der Waals surface area contributed by atoms with Gasteiger partial charge in [0.25, 0.3) is 0 Å². The highest BCUT2D eigenvalue weighted by Crippen LogP contribution is 2.02. The van der Waals surface area contributed by atoms with Gasteiger partial charge in [0.05, 0.1) is 7.11 Å². The largest absolute Gasteiger partial charge is 0.453 e. The normalized spacial score (nSPS) is 17.0. The zero-order valence-electron chi connectivity index (χ0n) is 9.86. The lowest BCUT2D eigenvalue weighted by Gasteiger charge is -2.33. The van der Waals surface area contributed by atoms with Gasteiger partial charge < -0.3 is 15.0 Å². The van der Waals surface area contributed by atoms with Crippen molar-refractivity contribution in [3.63, 3.8) is 0 Å². The lowest BCUT2D eigenvalue weighted by Crippen LogP contribution is -2.50. The third kappa shape index (κ3) is 4.06. The summed E-state index contributed by atoms with van der Waals surface area (Å²) in [6.45, 7) is 6.03. The van der Waals surface area contributed by atoms with Gasteiger partial charge in [-0.25, -0.2) is 4.79 Å². The van der Waals surface area contributed by atoms with E-state index in [4.69, 9.17) is 0 Å². The van der Waals surface area contributed by atoms with Crippen LogP contribution in [0.3, 0.4) is 0 Å². The lowest BCUT2D eigenvalue weighted by molar-refractivity contribution is -0.119. The van der Waals surface area contributed by atoms with Crippen LogP contribution in [0.2, 0.25) is 0 Å². The molecule has 92 valence electrons. The maximum Gasteiger partial charge on any atom is 0.409 e. The van der Waals surface area contributed by atoms with Crippen LogP contribution in [0.1, 0.15) is 6.92 Å². The summed E-state index contributed by atoms with van der Waals surface area (Å²) in [6, 6.07) is 0. The number of nitrogens with zero attached hydrogens (tertiary/aromatic N) is 2. The third-order valence-corrected chi connectivity index (χ3v) is 2.61. The van der Waals surface area contributed by atoms with E-state index in [1.807, 2.05) is 0 Å².